The summed E-state index contributed by atoms with van der Waals surface area (Å²) < 4.78 is 5.52. The van der Waals surface area contributed by atoms with Crippen molar-refractivity contribution in [3.63, 3.8) is 0 Å². The molecule has 1 saturated carbocycles. The quantitative estimate of drug-likeness (QED) is 0.732. The van der Waals surface area contributed by atoms with E-state index in [4.69, 9.17) is 4.74 Å². The summed E-state index contributed by atoms with van der Waals surface area (Å²) in [6, 6.07) is 11.7. The number of benzene rings is 1. The minimum atomic E-state index is 0.00512. The van der Waals surface area contributed by atoms with Gasteiger partial charge in [0.15, 0.2) is 0 Å². The van der Waals surface area contributed by atoms with Crippen molar-refractivity contribution in [2.24, 2.45) is 0 Å². The van der Waals surface area contributed by atoms with E-state index in [1.165, 1.54) is 31.2 Å². The van der Waals surface area contributed by atoms with Crippen LogP contribution < -0.4 is 5.32 Å². The number of hydrogen-bond donors (Lipinski definition) is 1. The topological polar surface area (TPSA) is 21.3 Å². The lowest BCUT2D eigenvalue weighted by Gasteiger charge is -2.24. The summed E-state index contributed by atoms with van der Waals surface area (Å²) in [4.78, 5) is 0. The molecule has 2 rings (SSSR count). The first-order valence-corrected chi connectivity index (χ1v) is 7.94. The molecule has 0 saturated heterocycles. The highest BCUT2D eigenvalue weighted by Gasteiger charge is 2.23. The third-order valence-electron chi connectivity index (χ3n) is 4.39. The molecule has 20 heavy (non-hydrogen) atoms. The van der Waals surface area contributed by atoms with Gasteiger partial charge in [-0.3, -0.25) is 0 Å². The molecule has 1 aromatic rings. The van der Waals surface area contributed by atoms with Crippen molar-refractivity contribution in [1.82, 2.24) is 5.32 Å². The van der Waals surface area contributed by atoms with Crippen LogP contribution in [0, 0.1) is 0 Å². The first-order valence-electron chi connectivity index (χ1n) is 7.94. The highest BCUT2D eigenvalue weighted by atomic mass is 16.5. The molecule has 0 amide bonds. The first kappa shape index (κ1) is 15.5. The van der Waals surface area contributed by atoms with Crippen LogP contribution in [0.3, 0.4) is 0 Å². The van der Waals surface area contributed by atoms with E-state index >= 15 is 0 Å². The van der Waals surface area contributed by atoms with E-state index in [9.17, 15) is 0 Å². The molecule has 2 heteroatoms. The Morgan fingerprint density at radius 2 is 1.95 bits per heavy atom. The van der Waals surface area contributed by atoms with Crippen molar-refractivity contribution in [3.8, 4) is 0 Å². The fraction of sp³-hybridized carbons (Fsp3) is 0.667. The molecule has 1 N–H and O–H groups in total. The summed E-state index contributed by atoms with van der Waals surface area (Å²) in [5.41, 5.74) is 1.47. The minimum absolute atomic E-state index is 0.00512. The van der Waals surface area contributed by atoms with Crippen LogP contribution in [0.4, 0.5) is 0 Å². The molecule has 0 spiro atoms. The van der Waals surface area contributed by atoms with Gasteiger partial charge in [-0.25, -0.2) is 0 Å². The number of nitrogens with one attached hydrogen (secondary N) is 1. The van der Waals surface area contributed by atoms with Crippen LogP contribution in [0.15, 0.2) is 30.3 Å². The van der Waals surface area contributed by atoms with E-state index in [1.807, 2.05) is 7.11 Å². The van der Waals surface area contributed by atoms with Crippen LogP contribution >= 0.6 is 0 Å². The smallest absolute Gasteiger partial charge is 0.0622 e. The van der Waals surface area contributed by atoms with Crippen molar-refractivity contribution in [1.29, 1.82) is 0 Å². The maximum absolute atomic E-state index is 5.52. The number of methoxy groups -OCH3 is 1. The number of ether oxygens (including phenoxy) is 1. The fourth-order valence-corrected chi connectivity index (χ4v) is 2.58. The van der Waals surface area contributed by atoms with Gasteiger partial charge in [0.1, 0.15) is 0 Å². The summed E-state index contributed by atoms with van der Waals surface area (Å²) in [6.45, 7) is 5.46. The highest BCUT2D eigenvalue weighted by Crippen LogP contribution is 2.26. The zero-order valence-corrected chi connectivity index (χ0v) is 13.2. The van der Waals surface area contributed by atoms with E-state index < -0.39 is 0 Å². The van der Waals surface area contributed by atoms with Gasteiger partial charge in [0, 0.05) is 19.7 Å². The maximum Gasteiger partial charge on any atom is 0.0622 e. The third kappa shape index (κ3) is 5.26. The molecule has 1 aromatic carbocycles. The Balaban J connectivity index is 1.85. The monoisotopic (exact) mass is 275 g/mol. The van der Waals surface area contributed by atoms with Gasteiger partial charge in [-0.1, -0.05) is 30.3 Å². The molecule has 1 fully saturated rings. The molecule has 1 aliphatic rings. The van der Waals surface area contributed by atoms with Gasteiger partial charge in [-0.05, 0) is 57.4 Å². The second-order valence-corrected chi connectivity index (χ2v) is 6.65. The fourth-order valence-electron chi connectivity index (χ4n) is 2.58. The zero-order valence-electron chi connectivity index (χ0n) is 13.2. The van der Waals surface area contributed by atoms with Crippen molar-refractivity contribution >= 4 is 0 Å². The van der Waals surface area contributed by atoms with Crippen LogP contribution in [-0.4, -0.2) is 25.3 Å². The average molecular weight is 275 g/mol. The molecule has 0 bridgehead atoms. The largest absolute Gasteiger partial charge is 0.379 e. The summed E-state index contributed by atoms with van der Waals surface area (Å²) in [5, 5.41) is 3.69. The standard InChI is InChI=1S/C18H29NO/c1-18(2,20-3)13-7-10-16(14-19-17-11-12-17)15-8-5-4-6-9-15/h4-6,8-9,16-17,19H,7,10-14H2,1-3H3. The van der Waals surface area contributed by atoms with Crippen LogP contribution in [0.25, 0.3) is 0 Å². The van der Waals surface area contributed by atoms with E-state index in [2.05, 4.69) is 49.5 Å². The molecule has 1 unspecified atom stereocenters. The van der Waals surface area contributed by atoms with E-state index in [0.29, 0.717) is 5.92 Å². The Bertz CT molecular complexity index is 384. The number of rotatable bonds is 9. The Kier molecular flexibility index (Phi) is 5.62. The molecule has 0 aliphatic heterocycles. The lowest BCUT2D eigenvalue weighted by molar-refractivity contribution is 0.0131. The second kappa shape index (κ2) is 7.24. The van der Waals surface area contributed by atoms with Crippen LogP contribution in [0.1, 0.15) is 57.4 Å². The molecule has 112 valence electrons. The Morgan fingerprint density at radius 1 is 1.25 bits per heavy atom. The SMILES string of the molecule is COC(C)(C)CCCC(CNC1CC1)c1ccccc1. The molecular formula is C18H29NO. The molecule has 0 aromatic heterocycles. The lowest BCUT2D eigenvalue weighted by atomic mass is 9.90. The Labute approximate surface area is 123 Å². The zero-order chi connectivity index (χ0) is 14.4. The van der Waals surface area contributed by atoms with Crippen LogP contribution in [-0.2, 0) is 4.74 Å². The van der Waals surface area contributed by atoms with Gasteiger partial charge in [0.05, 0.1) is 5.60 Å². The Morgan fingerprint density at radius 3 is 2.55 bits per heavy atom. The van der Waals surface area contributed by atoms with Gasteiger partial charge in [0.2, 0.25) is 0 Å². The van der Waals surface area contributed by atoms with Gasteiger partial charge in [-0.15, -0.1) is 0 Å². The molecule has 0 heterocycles. The van der Waals surface area contributed by atoms with Crippen LogP contribution in [0.5, 0.6) is 0 Å². The van der Waals surface area contributed by atoms with Gasteiger partial charge in [0.25, 0.3) is 0 Å². The molecule has 1 atom stereocenters. The van der Waals surface area contributed by atoms with E-state index in [-0.39, 0.29) is 5.60 Å². The predicted octanol–water partition coefficient (Wildman–Crippen LogP) is 4.12. The molecule has 1 aliphatic carbocycles. The van der Waals surface area contributed by atoms with E-state index in [0.717, 1.165) is 19.0 Å². The summed E-state index contributed by atoms with van der Waals surface area (Å²) in [5.74, 6) is 0.629. The third-order valence-corrected chi connectivity index (χ3v) is 4.39. The van der Waals surface area contributed by atoms with Crippen molar-refractivity contribution in [3.05, 3.63) is 35.9 Å². The first-order chi connectivity index (χ1) is 9.61. The maximum atomic E-state index is 5.52. The van der Waals surface area contributed by atoms with Gasteiger partial charge < -0.3 is 10.1 Å². The lowest BCUT2D eigenvalue weighted by Crippen LogP contribution is -2.25. The molecular weight excluding hydrogens is 246 g/mol. The molecule has 2 nitrogen and oxygen atoms in total. The summed E-state index contributed by atoms with van der Waals surface area (Å²) >= 11 is 0. The minimum Gasteiger partial charge on any atom is -0.379 e. The summed E-state index contributed by atoms with van der Waals surface area (Å²) in [6.07, 6.45) is 6.29. The number of hydrogen-bond acceptors (Lipinski definition) is 2. The van der Waals surface area contributed by atoms with Crippen molar-refractivity contribution in [2.45, 2.75) is 63.5 Å². The second-order valence-electron chi connectivity index (χ2n) is 6.65. The van der Waals surface area contributed by atoms with Gasteiger partial charge in [-0.2, -0.15) is 0 Å². The van der Waals surface area contributed by atoms with Crippen molar-refractivity contribution < 1.29 is 4.74 Å². The van der Waals surface area contributed by atoms with Gasteiger partial charge >= 0.3 is 0 Å². The molecule has 0 radical (unpaired) electrons. The normalized spacial score (nSPS) is 17.1. The summed E-state index contributed by atoms with van der Waals surface area (Å²) in [7, 11) is 1.81. The van der Waals surface area contributed by atoms with Crippen LogP contribution in [0.2, 0.25) is 0 Å². The highest BCUT2D eigenvalue weighted by molar-refractivity contribution is 5.20. The van der Waals surface area contributed by atoms with Crippen molar-refractivity contribution in [2.75, 3.05) is 13.7 Å². The predicted molar refractivity (Wildman–Crippen MR) is 85.1 cm³/mol. The Hall–Kier alpha value is -0.860. The van der Waals surface area contributed by atoms with E-state index in [1.54, 1.807) is 0 Å². The average Bonchev–Trinajstić information content (AvgIpc) is 3.27.